The van der Waals surface area contributed by atoms with E-state index in [1.807, 2.05) is 0 Å². The van der Waals surface area contributed by atoms with Gasteiger partial charge < -0.3 is 4.74 Å². The van der Waals surface area contributed by atoms with Crippen LogP contribution in [0.5, 0.6) is 5.75 Å². The number of para-hydroxylation sites is 1. The predicted octanol–water partition coefficient (Wildman–Crippen LogP) is 2.36. The van der Waals surface area contributed by atoms with Gasteiger partial charge in [0.25, 0.3) is 17.5 Å². The van der Waals surface area contributed by atoms with E-state index in [0.29, 0.717) is 5.56 Å². The van der Waals surface area contributed by atoms with Crippen LogP contribution in [0.3, 0.4) is 0 Å². The number of nitrogens with one attached hydrogen (secondary N) is 2. The van der Waals surface area contributed by atoms with Crippen LogP contribution >= 0.6 is 0 Å². The summed E-state index contributed by atoms with van der Waals surface area (Å²) in [6, 6.07) is 11.3. The molecule has 0 spiro atoms. The van der Waals surface area contributed by atoms with E-state index in [0.717, 1.165) is 6.08 Å². The summed E-state index contributed by atoms with van der Waals surface area (Å²) in [6.07, 6.45) is 1.40. The Morgan fingerprint density at radius 1 is 1.19 bits per heavy atom. The van der Waals surface area contributed by atoms with Crippen molar-refractivity contribution in [1.29, 1.82) is 0 Å². The van der Waals surface area contributed by atoms with Gasteiger partial charge in [-0.15, -0.1) is 0 Å². The molecule has 0 aliphatic heterocycles. The maximum absolute atomic E-state index is 13.5. The van der Waals surface area contributed by atoms with Crippen molar-refractivity contribution in [3.8, 4) is 5.75 Å². The van der Waals surface area contributed by atoms with Crippen LogP contribution < -0.4 is 15.6 Å². The summed E-state index contributed by atoms with van der Waals surface area (Å²) < 4.78 is 18.7. The summed E-state index contributed by atoms with van der Waals surface area (Å²) in [6.45, 7) is 1.40. The van der Waals surface area contributed by atoms with Crippen molar-refractivity contribution in [3.05, 3.63) is 76.1 Å². The fraction of sp³-hybridized carbons (Fsp3) is 0.111. The molecule has 27 heavy (non-hydrogen) atoms. The minimum absolute atomic E-state index is 0.0861. The van der Waals surface area contributed by atoms with Gasteiger partial charge in [0.1, 0.15) is 0 Å². The average molecular weight is 373 g/mol. The Balaban J connectivity index is 1.85. The number of amides is 2. The van der Waals surface area contributed by atoms with Crippen LogP contribution in [-0.4, -0.2) is 22.8 Å². The Bertz CT molecular complexity index is 885. The summed E-state index contributed by atoms with van der Waals surface area (Å²) in [7, 11) is 0. The van der Waals surface area contributed by atoms with Gasteiger partial charge in [-0.05, 0) is 30.7 Å². The molecule has 2 aromatic rings. The topological polar surface area (TPSA) is 111 Å². The van der Waals surface area contributed by atoms with Gasteiger partial charge >= 0.3 is 0 Å². The molecule has 0 heterocycles. The highest BCUT2D eigenvalue weighted by molar-refractivity contribution is 5.93. The van der Waals surface area contributed by atoms with Crippen molar-refractivity contribution < 1.29 is 23.6 Å². The minimum Gasteiger partial charge on any atom is -0.478 e. The molecule has 0 saturated carbocycles. The number of ether oxygens (including phenoxy) is 1. The number of halogens is 1. The molecule has 2 N–H and O–H groups in total. The second-order valence-corrected chi connectivity index (χ2v) is 5.35. The molecule has 0 radical (unpaired) electrons. The monoisotopic (exact) mass is 373 g/mol. The molecule has 0 saturated heterocycles. The average Bonchev–Trinajstić information content (AvgIpc) is 2.66. The predicted molar refractivity (Wildman–Crippen MR) is 94.9 cm³/mol. The quantitative estimate of drug-likeness (QED) is 0.459. The van der Waals surface area contributed by atoms with E-state index in [-0.39, 0.29) is 11.4 Å². The van der Waals surface area contributed by atoms with Crippen molar-refractivity contribution in [3.63, 3.8) is 0 Å². The second-order valence-electron chi connectivity index (χ2n) is 5.35. The van der Waals surface area contributed by atoms with Crippen LogP contribution in [-0.2, 0) is 9.59 Å². The lowest BCUT2D eigenvalue weighted by Gasteiger charge is -2.15. The lowest BCUT2D eigenvalue weighted by molar-refractivity contribution is -0.384. The highest BCUT2D eigenvalue weighted by Gasteiger charge is 2.16. The number of hydrogen-bond acceptors (Lipinski definition) is 5. The van der Waals surface area contributed by atoms with Crippen molar-refractivity contribution in [2.75, 3.05) is 0 Å². The molecule has 2 amide bonds. The van der Waals surface area contributed by atoms with Crippen LogP contribution in [0.4, 0.5) is 10.1 Å². The summed E-state index contributed by atoms with van der Waals surface area (Å²) in [4.78, 5) is 33.8. The number of hydrogen-bond donors (Lipinski definition) is 2. The van der Waals surface area contributed by atoms with Gasteiger partial charge in [0.2, 0.25) is 0 Å². The number of nitrogens with zero attached hydrogens (tertiary/aromatic N) is 1. The Morgan fingerprint density at radius 2 is 1.93 bits per heavy atom. The minimum atomic E-state index is -1.05. The van der Waals surface area contributed by atoms with Gasteiger partial charge in [-0.1, -0.05) is 24.3 Å². The van der Waals surface area contributed by atoms with Gasteiger partial charge in [-0.2, -0.15) is 0 Å². The van der Waals surface area contributed by atoms with Gasteiger partial charge in [0, 0.05) is 18.2 Å². The molecular weight excluding hydrogens is 357 g/mol. The molecule has 0 aliphatic carbocycles. The molecule has 1 atom stereocenters. The Labute approximate surface area is 153 Å². The fourth-order valence-electron chi connectivity index (χ4n) is 1.96. The van der Waals surface area contributed by atoms with E-state index in [1.54, 1.807) is 12.1 Å². The van der Waals surface area contributed by atoms with E-state index >= 15 is 0 Å². The van der Waals surface area contributed by atoms with E-state index in [2.05, 4.69) is 10.9 Å². The van der Waals surface area contributed by atoms with Gasteiger partial charge in [-0.25, -0.2) is 4.39 Å². The van der Waals surface area contributed by atoms with Crippen molar-refractivity contribution in [1.82, 2.24) is 10.9 Å². The molecule has 0 aliphatic rings. The van der Waals surface area contributed by atoms with Crippen molar-refractivity contribution in [2.45, 2.75) is 13.0 Å². The Kier molecular flexibility index (Phi) is 6.59. The first-order chi connectivity index (χ1) is 12.9. The molecule has 0 bridgehead atoms. The number of carbonyl (C=O) groups excluding carboxylic acids is 2. The summed E-state index contributed by atoms with van der Waals surface area (Å²) in [5.41, 5.74) is 4.62. The zero-order valence-corrected chi connectivity index (χ0v) is 14.2. The maximum atomic E-state index is 13.5. The molecule has 0 fully saturated rings. The Hall–Kier alpha value is -3.75. The summed E-state index contributed by atoms with van der Waals surface area (Å²) >= 11 is 0. The standard InChI is InChI=1S/C18H16FN3O5/c1-12(27-16-8-3-2-7-15(16)19)18(24)21-20-17(23)10-9-13-5-4-6-14(11-13)22(25)26/h2-12H,1H3,(H,20,23)(H,21,24)/b10-9+/t12-/m0/s1. The lowest BCUT2D eigenvalue weighted by atomic mass is 10.2. The number of rotatable bonds is 6. The van der Waals surface area contributed by atoms with E-state index in [4.69, 9.17) is 4.74 Å². The van der Waals surface area contributed by atoms with Crippen LogP contribution in [0, 0.1) is 15.9 Å². The number of carbonyl (C=O) groups is 2. The Morgan fingerprint density at radius 3 is 2.63 bits per heavy atom. The molecule has 8 nitrogen and oxygen atoms in total. The number of hydrazine groups is 1. The van der Waals surface area contributed by atoms with Crippen molar-refractivity contribution >= 4 is 23.6 Å². The highest BCUT2D eigenvalue weighted by atomic mass is 19.1. The number of nitro groups is 1. The summed E-state index contributed by atoms with van der Waals surface area (Å²) in [5.74, 6) is -2.04. The number of non-ortho nitro benzene ring substituents is 1. The molecule has 2 aromatic carbocycles. The third kappa shape index (κ3) is 5.92. The molecule has 0 unspecified atom stereocenters. The second kappa shape index (κ2) is 9.09. The zero-order valence-electron chi connectivity index (χ0n) is 14.2. The van der Waals surface area contributed by atoms with Gasteiger partial charge in [0.05, 0.1) is 4.92 Å². The molecule has 140 valence electrons. The van der Waals surface area contributed by atoms with E-state index < -0.39 is 28.7 Å². The fourth-order valence-corrected chi connectivity index (χ4v) is 1.96. The number of benzene rings is 2. The maximum Gasteiger partial charge on any atom is 0.279 e. The molecule has 9 heteroatoms. The van der Waals surface area contributed by atoms with Gasteiger partial charge in [0.15, 0.2) is 17.7 Å². The summed E-state index contributed by atoms with van der Waals surface area (Å²) in [5, 5.41) is 10.7. The van der Waals surface area contributed by atoms with Crippen LogP contribution in [0.2, 0.25) is 0 Å². The third-order valence-electron chi connectivity index (χ3n) is 3.33. The molecular formula is C18H16FN3O5. The van der Waals surface area contributed by atoms with E-state index in [9.17, 15) is 24.1 Å². The first kappa shape index (κ1) is 19.6. The SMILES string of the molecule is C[C@H](Oc1ccccc1F)C(=O)NNC(=O)/C=C/c1cccc([N+](=O)[O-])c1. The van der Waals surface area contributed by atoms with Crippen LogP contribution in [0.15, 0.2) is 54.6 Å². The van der Waals surface area contributed by atoms with E-state index in [1.165, 1.54) is 49.4 Å². The zero-order chi connectivity index (χ0) is 19.8. The van der Waals surface area contributed by atoms with Crippen LogP contribution in [0.1, 0.15) is 12.5 Å². The van der Waals surface area contributed by atoms with Gasteiger partial charge in [-0.3, -0.25) is 30.6 Å². The molecule has 0 aromatic heterocycles. The molecule has 2 rings (SSSR count). The lowest BCUT2D eigenvalue weighted by Crippen LogP contribution is -2.46. The first-order valence-corrected chi connectivity index (χ1v) is 7.80. The van der Waals surface area contributed by atoms with Crippen LogP contribution in [0.25, 0.3) is 6.08 Å². The normalized spacial score (nSPS) is 11.6. The number of nitro benzene ring substituents is 1. The highest BCUT2D eigenvalue weighted by Crippen LogP contribution is 2.17. The third-order valence-corrected chi connectivity index (χ3v) is 3.33. The smallest absolute Gasteiger partial charge is 0.279 e. The first-order valence-electron chi connectivity index (χ1n) is 7.80. The van der Waals surface area contributed by atoms with Crippen molar-refractivity contribution in [2.24, 2.45) is 0 Å². The largest absolute Gasteiger partial charge is 0.478 e.